The molecule has 2 atom stereocenters. The van der Waals surface area contributed by atoms with E-state index in [9.17, 15) is 9.90 Å². The van der Waals surface area contributed by atoms with E-state index in [1.54, 1.807) is 0 Å². The third-order valence-corrected chi connectivity index (χ3v) is 4.37. The summed E-state index contributed by atoms with van der Waals surface area (Å²) in [5, 5.41) is 13.4. The van der Waals surface area contributed by atoms with E-state index in [-0.39, 0.29) is 25.0 Å². The molecule has 1 heterocycles. The van der Waals surface area contributed by atoms with Crippen molar-refractivity contribution in [2.45, 2.75) is 18.6 Å². The minimum Gasteiger partial charge on any atom is -0.392 e. The number of amides is 1. The number of rotatable bonds is 7. The molecule has 1 amide bonds. The molecule has 26 heavy (non-hydrogen) atoms. The minimum absolute atomic E-state index is 0.155. The van der Waals surface area contributed by atoms with Crippen molar-refractivity contribution >= 4 is 16.8 Å². The van der Waals surface area contributed by atoms with Gasteiger partial charge in [0.2, 0.25) is 0 Å². The summed E-state index contributed by atoms with van der Waals surface area (Å²) >= 11 is 0. The first-order chi connectivity index (χ1) is 12.6. The van der Waals surface area contributed by atoms with Crippen LogP contribution >= 0.6 is 0 Å². The minimum atomic E-state index is -0.658. The van der Waals surface area contributed by atoms with Crippen LogP contribution in [0.3, 0.4) is 0 Å². The third kappa shape index (κ3) is 3.94. The molecule has 0 fully saturated rings. The molecule has 0 radical (unpaired) electrons. The highest BCUT2D eigenvalue weighted by Gasteiger charge is 2.19. The third-order valence-electron chi connectivity index (χ3n) is 4.37. The fraction of sp³-hybridized carbons (Fsp3) is 0.250. The number of hydrogen-bond acceptors (Lipinski definition) is 4. The fourth-order valence-electron chi connectivity index (χ4n) is 3.06. The topological polar surface area (TPSA) is 117 Å². The molecule has 7 N–H and O–H groups in total. The number of benzene rings is 2. The highest BCUT2D eigenvalue weighted by Crippen LogP contribution is 2.32. The number of carbonyl (C=O) groups excluding carboxylic acids is 1. The van der Waals surface area contributed by atoms with Gasteiger partial charge in [0.05, 0.1) is 6.10 Å². The van der Waals surface area contributed by atoms with Gasteiger partial charge in [-0.2, -0.15) is 0 Å². The molecule has 6 nitrogen and oxygen atoms in total. The number of nitrogens with one attached hydrogen (secondary N) is 2. The number of fused-ring (bicyclic) bond motifs is 1. The molecule has 0 saturated heterocycles. The Balaban J connectivity index is 1.86. The Labute approximate surface area is 152 Å². The molecule has 3 aromatic rings. The lowest BCUT2D eigenvalue weighted by atomic mass is 10.0. The monoisotopic (exact) mass is 352 g/mol. The van der Waals surface area contributed by atoms with Gasteiger partial charge < -0.3 is 26.9 Å². The Bertz CT molecular complexity index is 876. The number of para-hydroxylation sites is 1. The second kappa shape index (κ2) is 8.14. The molecular formula is C20H24N4O2. The van der Waals surface area contributed by atoms with Crippen molar-refractivity contribution < 1.29 is 9.90 Å². The highest BCUT2D eigenvalue weighted by molar-refractivity contribution is 6.09. The SMILES string of the molecule is NCC(O)C[C@H](N)CNC(=O)c1[nH]c2ccccc2c1-c1ccccc1. The van der Waals surface area contributed by atoms with Gasteiger partial charge in [0, 0.05) is 35.6 Å². The highest BCUT2D eigenvalue weighted by atomic mass is 16.3. The van der Waals surface area contributed by atoms with Crippen LogP contribution in [0.2, 0.25) is 0 Å². The smallest absolute Gasteiger partial charge is 0.268 e. The van der Waals surface area contributed by atoms with Crippen LogP contribution in [-0.2, 0) is 0 Å². The predicted molar refractivity (Wildman–Crippen MR) is 104 cm³/mol. The van der Waals surface area contributed by atoms with Crippen molar-refractivity contribution in [3.05, 3.63) is 60.3 Å². The normalized spacial score (nSPS) is 13.5. The number of nitrogens with two attached hydrogens (primary N) is 2. The quantitative estimate of drug-likeness (QED) is 0.444. The molecule has 0 aliphatic carbocycles. The van der Waals surface area contributed by atoms with Crippen molar-refractivity contribution in [1.29, 1.82) is 0 Å². The van der Waals surface area contributed by atoms with Crippen molar-refractivity contribution in [3.63, 3.8) is 0 Å². The molecule has 1 unspecified atom stereocenters. The molecule has 0 aliphatic heterocycles. The van der Waals surface area contributed by atoms with Crippen LogP contribution in [0.4, 0.5) is 0 Å². The lowest BCUT2D eigenvalue weighted by molar-refractivity contribution is 0.0941. The number of carbonyl (C=O) groups is 1. The van der Waals surface area contributed by atoms with Gasteiger partial charge in [0.1, 0.15) is 5.69 Å². The number of hydrogen-bond donors (Lipinski definition) is 5. The maximum atomic E-state index is 12.8. The van der Waals surface area contributed by atoms with Gasteiger partial charge in [0.15, 0.2) is 0 Å². The van der Waals surface area contributed by atoms with E-state index in [1.807, 2.05) is 54.6 Å². The number of H-pyrrole nitrogens is 1. The molecule has 0 spiro atoms. The molecule has 0 bridgehead atoms. The maximum Gasteiger partial charge on any atom is 0.268 e. The second-order valence-corrected chi connectivity index (χ2v) is 6.38. The van der Waals surface area contributed by atoms with Crippen molar-refractivity contribution in [1.82, 2.24) is 10.3 Å². The lowest BCUT2D eigenvalue weighted by Gasteiger charge is -2.16. The molecule has 1 aromatic heterocycles. The van der Waals surface area contributed by atoms with E-state index in [4.69, 9.17) is 11.5 Å². The lowest BCUT2D eigenvalue weighted by Crippen LogP contribution is -2.40. The zero-order valence-electron chi connectivity index (χ0n) is 14.5. The molecule has 0 aliphatic rings. The molecule has 2 aromatic carbocycles. The van der Waals surface area contributed by atoms with Crippen LogP contribution in [0.1, 0.15) is 16.9 Å². The Morgan fingerprint density at radius 2 is 1.81 bits per heavy atom. The average molecular weight is 352 g/mol. The van der Waals surface area contributed by atoms with E-state index in [0.717, 1.165) is 22.0 Å². The number of aromatic amines is 1. The van der Waals surface area contributed by atoms with Gasteiger partial charge >= 0.3 is 0 Å². The number of aliphatic hydroxyl groups is 1. The van der Waals surface area contributed by atoms with Crippen molar-refractivity contribution in [2.24, 2.45) is 11.5 Å². The van der Waals surface area contributed by atoms with E-state index in [2.05, 4.69) is 10.3 Å². The van der Waals surface area contributed by atoms with Crippen molar-refractivity contribution in [2.75, 3.05) is 13.1 Å². The zero-order chi connectivity index (χ0) is 18.5. The van der Waals surface area contributed by atoms with Crippen LogP contribution in [0.25, 0.3) is 22.0 Å². The molecular weight excluding hydrogens is 328 g/mol. The first-order valence-corrected chi connectivity index (χ1v) is 8.68. The van der Waals surface area contributed by atoms with Crippen LogP contribution in [-0.4, -0.2) is 41.2 Å². The standard InChI is InChI=1S/C20H24N4O2/c21-11-15(25)10-14(22)12-23-20(26)19-18(13-6-2-1-3-7-13)16-8-4-5-9-17(16)24-19/h1-9,14-15,24-25H,10-12,21-22H2,(H,23,26)/t14-,15?/m0/s1. The largest absolute Gasteiger partial charge is 0.392 e. The first kappa shape index (κ1) is 18.1. The molecule has 136 valence electrons. The average Bonchev–Trinajstić information content (AvgIpc) is 3.06. The summed E-state index contributed by atoms with van der Waals surface area (Å²) in [5.74, 6) is -0.224. The van der Waals surface area contributed by atoms with Crippen LogP contribution in [0.5, 0.6) is 0 Å². The predicted octanol–water partition coefficient (Wildman–Crippen LogP) is 1.60. The zero-order valence-corrected chi connectivity index (χ0v) is 14.5. The summed E-state index contributed by atoms with van der Waals surface area (Å²) in [7, 11) is 0. The van der Waals surface area contributed by atoms with Crippen LogP contribution < -0.4 is 16.8 Å². The summed E-state index contributed by atoms with van der Waals surface area (Å²) < 4.78 is 0. The summed E-state index contributed by atoms with van der Waals surface area (Å²) in [6, 6.07) is 17.3. The van der Waals surface area contributed by atoms with Crippen molar-refractivity contribution in [3.8, 4) is 11.1 Å². The Morgan fingerprint density at radius 1 is 1.12 bits per heavy atom. The van der Waals surface area contributed by atoms with E-state index < -0.39 is 6.10 Å². The fourth-order valence-corrected chi connectivity index (χ4v) is 3.06. The Kier molecular flexibility index (Phi) is 5.68. The van der Waals surface area contributed by atoms with E-state index >= 15 is 0 Å². The van der Waals surface area contributed by atoms with Gasteiger partial charge in [-0.1, -0.05) is 48.5 Å². The first-order valence-electron chi connectivity index (χ1n) is 8.68. The molecule has 0 saturated carbocycles. The van der Waals surface area contributed by atoms with Gasteiger partial charge in [-0.3, -0.25) is 4.79 Å². The molecule has 6 heteroatoms. The summed E-state index contributed by atoms with van der Waals surface area (Å²) in [6.07, 6.45) is -0.315. The van der Waals surface area contributed by atoms with Gasteiger partial charge in [-0.25, -0.2) is 0 Å². The van der Waals surface area contributed by atoms with E-state index in [0.29, 0.717) is 12.1 Å². The summed E-state index contributed by atoms with van der Waals surface area (Å²) in [6.45, 7) is 0.418. The van der Waals surface area contributed by atoms with Gasteiger partial charge in [-0.15, -0.1) is 0 Å². The van der Waals surface area contributed by atoms with E-state index in [1.165, 1.54) is 0 Å². The number of aliphatic hydroxyl groups excluding tert-OH is 1. The Hall–Kier alpha value is -2.67. The Morgan fingerprint density at radius 3 is 2.54 bits per heavy atom. The van der Waals surface area contributed by atoms with Gasteiger partial charge in [0.25, 0.3) is 5.91 Å². The summed E-state index contributed by atoms with van der Waals surface area (Å²) in [5.41, 5.74) is 14.6. The van der Waals surface area contributed by atoms with Gasteiger partial charge in [-0.05, 0) is 18.1 Å². The van der Waals surface area contributed by atoms with Crippen LogP contribution in [0.15, 0.2) is 54.6 Å². The second-order valence-electron chi connectivity index (χ2n) is 6.38. The molecule has 3 rings (SSSR count). The van der Waals surface area contributed by atoms with Crippen LogP contribution in [0, 0.1) is 0 Å². The summed E-state index contributed by atoms with van der Waals surface area (Å²) in [4.78, 5) is 16.0. The number of aromatic nitrogens is 1. The maximum absolute atomic E-state index is 12.8.